The molecule has 0 bridgehead atoms. The monoisotopic (exact) mass is 479 g/mol. The molecule has 0 fully saturated rings. The second-order valence-electron chi connectivity index (χ2n) is 6.90. The first-order valence-electron chi connectivity index (χ1n) is 8.84. The molecule has 1 unspecified atom stereocenters. The average molecular weight is 482 g/mol. The number of hydrogen-bond acceptors (Lipinski definition) is 0. The van der Waals surface area contributed by atoms with Crippen LogP contribution in [0.5, 0.6) is 0 Å². The average Bonchev–Trinajstić information content (AvgIpc) is 3.23. The van der Waals surface area contributed by atoms with Crippen LogP contribution in [0, 0.1) is 0 Å². The van der Waals surface area contributed by atoms with Crippen molar-refractivity contribution in [2.24, 2.45) is 0 Å². The van der Waals surface area contributed by atoms with E-state index in [0.717, 1.165) is 0 Å². The molecule has 0 saturated heterocycles. The largest absolute Gasteiger partial charge is 3.00 e. The molecule has 1 aliphatic carbocycles. The molecule has 4 aromatic rings. The van der Waals surface area contributed by atoms with E-state index in [1.165, 1.54) is 43.8 Å². The number of fused-ring (bicyclic) bond motifs is 3. The van der Waals surface area contributed by atoms with Gasteiger partial charge in [-0.3, -0.25) is 0 Å². The quantitative estimate of drug-likeness (QED) is 0.373. The van der Waals surface area contributed by atoms with E-state index in [-0.39, 0.29) is 51.0 Å². The number of allylic oxidation sites excluding steroid dienone is 4. The molecule has 0 N–H and O–H groups in total. The Bertz CT molecular complexity index is 1150. The van der Waals surface area contributed by atoms with Gasteiger partial charge in [0.05, 0.1) is 0 Å². The Morgan fingerprint density at radius 2 is 1.43 bits per heavy atom. The Labute approximate surface area is 197 Å². The van der Waals surface area contributed by atoms with Crippen LogP contribution in [0.4, 0.5) is 0 Å². The Morgan fingerprint density at radius 3 is 2.21 bits per heavy atom. The first kappa shape index (κ1) is 22.8. The van der Waals surface area contributed by atoms with Gasteiger partial charge in [0.15, 0.2) is 0 Å². The van der Waals surface area contributed by atoms with Crippen molar-refractivity contribution in [3.05, 3.63) is 108 Å². The molecule has 137 valence electrons. The maximum Gasteiger partial charge on any atom is 3.00 e. The van der Waals surface area contributed by atoms with Crippen LogP contribution in [0.25, 0.3) is 27.1 Å². The van der Waals surface area contributed by atoms with Gasteiger partial charge in [-0.15, -0.1) is 33.7 Å². The maximum absolute atomic E-state index is 2.38. The van der Waals surface area contributed by atoms with Crippen molar-refractivity contribution in [2.75, 3.05) is 0 Å². The number of halogens is 2. The van der Waals surface area contributed by atoms with Crippen LogP contribution in [0.1, 0.15) is 24.0 Å². The van der Waals surface area contributed by atoms with Crippen molar-refractivity contribution in [3.8, 4) is 0 Å². The van der Waals surface area contributed by atoms with Gasteiger partial charge < -0.3 is 24.8 Å². The summed E-state index contributed by atoms with van der Waals surface area (Å²) in [5.74, 6) is 0.338. The molecule has 0 heterocycles. The summed E-state index contributed by atoms with van der Waals surface area (Å²) < 4.78 is 0. The van der Waals surface area contributed by atoms with Gasteiger partial charge in [-0.1, -0.05) is 95.6 Å². The topological polar surface area (TPSA) is 0 Å². The van der Waals surface area contributed by atoms with E-state index in [9.17, 15) is 0 Å². The minimum absolute atomic E-state index is 0. The van der Waals surface area contributed by atoms with Crippen LogP contribution in [0.15, 0.2) is 96.6 Å². The summed E-state index contributed by atoms with van der Waals surface area (Å²) in [6.07, 6.45) is 4.73. The molecule has 3 heteroatoms. The van der Waals surface area contributed by atoms with Crippen molar-refractivity contribution >= 4 is 27.1 Å². The summed E-state index contributed by atoms with van der Waals surface area (Å²) in [5, 5.41) is 5.38. The number of benzene rings is 3. The van der Waals surface area contributed by atoms with Gasteiger partial charge >= 0.3 is 26.2 Å². The minimum atomic E-state index is 0. The summed E-state index contributed by atoms with van der Waals surface area (Å²) in [6, 6.07) is 28.5. The second kappa shape index (κ2) is 9.31. The van der Waals surface area contributed by atoms with Crippen molar-refractivity contribution in [3.63, 3.8) is 0 Å². The third kappa shape index (κ3) is 3.81. The van der Waals surface area contributed by atoms with Crippen LogP contribution in [0.3, 0.4) is 0 Å². The number of hydrogen-bond donors (Lipinski definition) is 0. The van der Waals surface area contributed by atoms with Crippen molar-refractivity contribution in [1.82, 2.24) is 0 Å². The van der Waals surface area contributed by atoms with Crippen LogP contribution in [-0.2, 0) is 26.2 Å². The second-order valence-corrected chi connectivity index (χ2v) is 6.90. The first-order chi connectivity index (χ1) is 12.3. The summed E-state index contributed by atoms with van der Waals surface area (Å²) in [7, 11) is 0. The van der Waals surface area contributed by atoms with E-state index in [4.69, 9.17) is 0 Å². The van der Waals surface area contributed by atoms with Crippen molar-refractivity contribution < 1.29 is 51.0 Å². The molecule has 1 aliphatic rings. The Balaban J connectivity index is 0.000000934. The summed E-state index contributed by atoms with van der Waals surface area (Å²) in [5.41, 5.74) is 5.47. The smallest absolute Gasteiger partial charge is 1.00 e. The third-order valence-corrected chi connectivity index (χ3v) is 5.27. The van der Waals surface area contributed by atoms with E-state index >= 15 is 0 Å². The van der Waals surface area contributed by atoms with Crippen LogP contribution in [0.2, 0.25) is 0 Å². The van der Waals surface area contributed by atoms with E-state index in [1.54, 1.807) is 0 Å². The molecule has 0 aliphatic heterocycles. The van der Waals surface area contributed by atoms with E-state index in [2.05, 4.69) is 97.9 Å². The first-order valence-corrected chi connectivity index (χ1v) is 8.84. The van der Waals surface area contributed by atoms with Gasteiger partial charge in [0.25, 0.3) is 0 Å². The molecule has 28 heavy (non-hydrogen) atoms. The zero-order chi connectivity index (χ0) is 16.8. The zero-order valence-electron chi connectivity index (χ0n) is 15.5. The fourth-order valence-electron chi connectivity index (χ4n) is 4.15. The van der Waals surface area contributed by atoms with Gasteiger partial charge in [-0.2, -0.15) is 0 Å². The van der Waals surface area contributed by atoms with Gasteiger partial charge in [0.2, 0.25) is 0 Å². The molecule has 5 rings (SSSR count). The molecular formula is C25H19Cl2Zr. The predicted octanol–water partition coefficient (Wildman–Crippen LogP) is 0.845. The predicted molar refractivity (Wildman–Crippen MR) is 108 cm³/mol. The standard InChI is InChI=1S/C25H19.2ClH.Zr/c1-17-14-23(18-8-3-2-4-9-18)24(15-17)22-13-7-12-21-20-11-6-5-10-19(20)16-25(21)22;;;/h2-16,23H,1H3;2*1H;/q-1;;;+3/p-2. The zero-order valence-corrected chi connectivity index (χ0v) is 19.5. The van der Waals surface area contributed by atoms with Crippen molar-refractivity contribution in [1.29, 1.82) is 0 Å². The molecule has 0 spiro atoms. The molecule has 0 nitrogen and oxygen atoms in total. The fraction of sp³-hybridized carbons (Fsp3) is 0.0800. The van der Waals surface area contributed by atoms with Gasteiger partial charge in [-0.05, 0) is 12.5 Å². The molecule has 0 aromatic heterocycles. The maximum atomic E-state index is 2.38. The summed E-state index contributed by atoms with van der Waals surface area (Å²) in [4.78, 5) is 0. The van der Waals surface area contributed by atoms with Crippen molar-refractivity contribution in [2.45, 2.75) is 12.8 Å². The van der Waals surface area contributed by atoms with E-state index in [0.29, 0.717) is 5.92 Å². The van der Waals surface area contributed by atoms with Gasteiger partial charge in [-0.25, -0.2) is 0 Å². The number of rotatable bonds is 2. The Hall–Kier alpha value is -1.53. The van der Waals surface area contributed by atoms with Crippen LogP contribution < -0.4 is 24.8 Å². The Morgan fingerprint density at radius 1 is 0.750 bits per heavy atom. The van der Waals surface area contributed by atoms with Gasteiger partial charge in [0, 0.05) is 5.92 Å². The minimum Gasteiger partial charge on any atom is -1.00 e. The molecule has 1 radical (unpaired) electrons. The molecular weight excluding hydrogens is 462 g/mol. The fourth-order valence-corrected chi connectivity index (χ4v) is 4.15. The Kier molecular flexibility index (Phi) is 7.57. The summed E-state index contributed by atoms with van der Waals surface area (Å²) >= 11 is 0. The van der Waals surface area contributed by atoms with E-state index < -0.39 is 0 Å². The normalized spacial score (nSPS) is 15.2. The molecule has 1 atom stereocenters. The summed E-state index contributed by atoms with van der Waals surface area (Å²) in [6.45, 7) is 2.20. The van der Waals surface area contributed by atoms with Crippen LogP contribution in [-0.4, -0.2) is 0 Å². The molecule has 0 amide bonds. The van der Waals surface area contributed by atoms with E-state index in [1.807, 2.05) is 0 Å². The molecule has 4 aromatic carbocycles. The third-order valence-electron chi connectivity index (χ3n) is 5.27. The van der Waals surface area contributed by atoms with Gasteiger partial charge in [0.1, 0.15) is 0 Å². The van der Waals surface area contributed by atoms with Crippen LogP contribution >= 0.6 is 0 Å². The molecule has 0 saturated carbocycles. The SMILES string of the molecule is CC1=CC(c2ccccc2)C(c2cccc3c2[cH-]c2ccccc23)=C1.[Cl-].[Cl-].[Zr+3].